The van der Waals surface area contributed by atoms with Crippen molar-refractivity contribution in [2.75, 3.05) is 0 Å². The van der Waals surface area contributed by atoms with Crippen LogP contribution in [-0.4, -0.2) is 38.0 Å². The Hall–Kier alpha value is -3.94. The third-order valence-electron chi connectivity index (χ3n) is 5.59. The predicted octanol–water partition coefficient (Wildman–Crippen LogP) is 3.44. The number of imide groups is 1. The van der Waals surface area contributed by atoms with E-state index in [1.807, 2.05) is 54.7 Å². The summed E-state index contributed by atoms with van der Waals surface area (Å²) >= 11 is 0. The summed E-state index contributed by atoms with van der Waals surface area (Å²) in [6.07, 6.45) is 3.23. The number of nitrogens with zero attached hydrogens (tertiary/aromatic N) is 3. The van der Waals surface area contributed by atoms with Crippen LogP contribution in [0.25, 0.3) is 22.3 Å². The van der Waals surface area contributed by atoms with E-state index in [1.54, 1.807) is 0 Å². The Bertz CT molecular complexity index is 1260. The molecule has 3 heterocycles. The first-order valence-corrected chi connectivity index (χ1v) is 10.2. The molecule has 1 saturated heterocycles. The van der Waals surface area contributed by atoms with Gasteiger partial charge in [0, 0.05) is 29.1 Å². The third kappa shape index (κ3) is 3.56. The van der Waals surface area contributed by atoms with Crippen molar-refractivity contribution in [3.8, 4) is 11.4 Å². The van der Waals surface area contributed by atoms with E-state index in [4.69, 9.17) is 4.52 Å². The number of benzene rings is 2. The zero-order chi connectivity index (χ0) is 21.4. The molecule has 2 aromatic carbocycles. The summed E-state index contributed by atoms with van der Waals surface area (Å²) in [5.74, 6) is 0.341. The number of aromatic amines is 1. The first kappa shape index (κ1) is 19.0. The lowest BCUT2D eigenvalue weighted by Crippen LogP contribution is -2.32. The van der Waals surface area contributed by atoms with Crippen molar-refractivity contribution >= 4 is 22.8 Å². The van der Waals surface area contributed by atoms with Crippen LogP contribution in [0.4, 0.5) is 4.79 Å². The van der Waals surface area contributed by atoms with Gasteiger partial charge in [-0.3, -0.25) is 9.69 Å². The maximum absolute atomic E-state index is 12.9. The monoisotopic (exact) mass is 415 g/mol. The van der Waals surface area contributed by atoms with Gasteiger partial charge >= 0.3 is 6.03 Å². The van der Waals surface area contributed by atoms with Crippen molar-refractivity contribution in [3.63, 3.8) is 0 Å². The van der Waals surface area contributed by atoms with Crippen molar-refractivity contribution < 1.29 is 14.1 Å². The zero-order valence-corrected chi connectivity index (χ0v) is 17.0. The molecule has 0 bridgehead atoms. The van der Waals surface area contributed by atoms with Crippen molar-refractivity contribution in [3.05, 3.63) is 71.7 Å². The molecule has 156 valence electrons. The van der Waals surface area contributed by atoms with Crippen LogP contribution in [0.3, 0.4) is 0 Å². The van der Waals surface area contributed by atoms with E-state index in [0.717, 1.165) is 33.4 Å². The van der Waals surface area contributed by atoms with Gasteiger partial charge in [-0.25, -0.2) is 4.79 Å². The standard InChI is InChI=1S/C23H21N5O3/c1-2-14-7-9-15(10-8-14)21-26-20(31-27-21)13-28-22(29)19(25-23(28)30)11-16-12-24-18-6-4-3-5-17(16)18/h3-10,12,19,24H,2,11,13H2,1H3,(H,25,30)/t19-/m0/s1. The third-order valence-corrected chi connectivity index (χ3v) is 5.59. The van der Waals surface area contributed by atoms with Crippen LogP contribution in [-0.2, 0) is 24.2 Å². The van der Waals surface area contributed by atoms with Gasteiger partial charge in [0.15, 0.2) is 0 Å². The largest absolute Gasteiger partial charge is 0.361 e. The molecule has 3 amide bonds. The molecule has 1 aliphatic heterocycles. The summed E-state index contributed by atoms with van der Waals surface area (Å²) in [4.78, 5) is 34.0. The molecule has 1 fully saturated rings. The highest BCUT2D eigenvalue weighted by Gasteiger charge is 2.39. The van der Waals surface area contributed by atoms with E-state index in [9.17, 15) is 9.59 Å². The minimum absolute atomic E-state index is 0.0604. The van der Waals surface area contributed by atoms with Gasteiger partial charge in [-0.15, -0.1) is 0 Å². The number of carbonyl (C=O) groups excluding carboxylic acids is 2. The van der Waals surface area contributed by atoms with Gasteiger partial charge in [-0.05, 0) is 23.6 Å². The molecule has 1 aliphatic rings. The molecule has 0 spiro atoms. The van der Waals surface area contributed by atoms with E-state index < -0.39 is 12.1 Å². The molecule has 2 aromatic heterocycles. The number of urea groups is 1. The second-order valence-corrected chi connectivity index (χ2v) is 7.55. The number of nitrogens with one attached hydrogen (secondary N) is 2. The smallest absolute Gasteiger partial charge is 0.325 e. The van der Waals surface area contributed by atoms with Gasteiger partial charge in [0.2, 0.25) is 11.7 Å². The number of carbonyl (C=O) groups is 2. The molecule has 5 rings (SSSR count). The summed E-state index contributed by atoms with van der Waals surface area (Å²) in [5.41, 5.74) is 4.01. The molecule has 0 unspecified atom stereocenters. The van der Waals surface area contributed by atoms with Crippen molar-refractivity contribution in [2.45, 2.75) is 32.4 Å². The summed E-state index contributed by atoms with van der Waals surface area (Å²) in [5, 5.41) is 7.79. The predicted molar refractivity (Wildman–Crippen MR) is 114 cm³/mol. The SMILES string of the molecule is CCc1ccc(-c2noc(CN3C(=O)N[C@@H](Cc4c[nH]c5ccccc45)C3=O)n2)cc1. The molecule has 4 aromatic rings. The fourth-order valence-corrected chi connectivity index (χ4v) is 3.85. The fraction of sp³-hybridized carbons (Fsp3) is 0.217. The number of hydrogen-bond acceptors (Lipinski definition) is 5. The Morgan fingerprint density at radius 3 is 2.71 bits per heavy atom. The topological polar surface area (TPSA) is 104 Å². The molecule has 1 atom stereocenters. The number of hydrogen-bond donors (Lipinski definition) is 2. The minimum atomic E-state index is -0.629. The Kier molecular flexibility index (Phi) is 4.74. The van der Waals surface area contributed by atoms with Crippen LogP contribution in [0.1, 0.15) is 23.9 Å². The molecule has 0 radical (unpaired) electrons. The van der Waals surface area contributed by atoms with Crippen molar-refractivity contribution in [1.82, 2.24) is 25.3 Å². The van der Waals surface area contributed by atoms with Gasteiger partial charge in [0.05, 0.1) is 0 Å². The molecule has 8 nitrogen and oxygen atoms in total. The van der Waals surface area contributed by atoms with E-state index in [-0.39, 0.29) is 18.3 Å². The highest BCUT2D eigenvalue weighted by molar-refractivity contribution is 6.04. The van der Waals surface area contributed by atoms with Crippen molar-refractivity contribution in [2.24, 2.45) is 0 Å². The van der Waals surface area contributed by atoms with Gasteiger partial charge < -0.3 is 14.8 Å². The highest BCUT2D eigenvalue weighted by Crippen LogP contribution is 2.22. The zero-order valence-electron chi connectivity index (χ0n) is 17.0. The van der Waals surface area contributed by atoms with Crippen LogP contribution in [0.5, 0.6) is 0 Å². The molecule has 8 heteroatoms. The van der Waals surface area contributed by atoms with Crippen LogP contribution >= 0.6 is 0 Å². The minimum Gasteiger partial charge on any atom is -0.361 e. The first-order chi connectivity index (χ1) is 15.1. The second kappa shape index (κ2) is 7.71. The summed E-state index contributed by atoms with van der Waals surface area (Å²) < 4.78 is 5.29. The Balaban J connectivity index is 1.29. The van der Waals surface area contributed by atoms with E-state index in [0.29, 0.717) is 12.2 Å². The van der Waals surface area contributed by atoms with Crippen LogP contribution < -0.4 is 5.32 Å². The average Bonchev–Trinajstić information content (AvgIpc) is 3.50. The quantitative estimate of drug-likeness (QED) is 0.470. The summed E-state index contributed by atoms with van der Waals surface area (Å²) in [6, 6.07) is 14.7. The average molecular weight is 415 g/mol. The second-order valence-electron chi connectivity index (χ2n) is 7.55. The van der Waals surface area contributed by atoms with E-state index in [2.05, 4.69) is 27.4 Å². The van der Waals surface area contributed by atoms with Gasteiger partial charge in [-0.1, -0.05) is 54.5 Å². The molecule has 0 saturated carbocycles. The van der Waals surface area contributed by atoms with Crippen molar-refractivity contribution in [1.29, 1.82) is 0 Å². The number of aryl methyl sites for hydroxylation is 1. The number of amides is 3. The molecular weight excluding hydrogens is 394 g/mol. The van der Waals surface area contributed by atoms with Crippen LogP contribution in [0.2, 0.25) is 0 Å². The number of fused-ring (bicyclic) bond motifs is 1. The number of aromatic nitrogens is 3. The molecular formula is C23H21N5O3. The van der Waals surface area contributed by atoms with Gasteiger partial charge in [-0.2, -0.15) is 4.98 Å². The normalized spacial score (nSPS) is 16.3. The van der Waals surface area contributed by atoms with E-state index in [1.165, 1.54) is 5.56 Å². The number of para-hydroxylation sites is 1. The Morgan fingerprint density at radius 1 is 1.10 bits per heavy atom. The highest BCUT2D eigenvalue weighted by atomic mass is 16.5. The lowest BCUT2D eigenvalue weighted by molar-refractivity contribution is -0.128. The van der Waals surface area contributed by atoms with Gasteiger partial charge in [0.25, 0.3) is 5.91 Å². The number of H-pyrrole nitrogens is 1. The first-order valence-electron chi connectivity index (χ1n) is 10.2. The molecule has 2 N–H and O–H groups in total. The lowest BCUT2D eigenvalue weighted by atomic mass is 10.1. The van der Waals surface area contributed by atoms with Gasteiger partial charge in [0.1, 0.15) is 12.6 Å². The molecule has 0 aliphatic carbocycles. The fourth-order valence-electron chi connectivity index (χ4n) is 3.85. The maximum Gasteiger partial charge on any atom is 0.325 e. The van der Waals surface area contributed by atoms with Crippen LogP contribution in [0, 0.1) is 0 Å². The van der Waals surface area contributed by atoms with E-state index >= 15 is 0 Å². The summed E-state index contributed by atoms with van der Waals surface area (Å²) in [7, 11) is 0. The number of rotatable bonds is 6. The summed E-state index contributed by atoms with van der Waals surface area (Å²) in [6.45, 7) is 2.03. The van der Waals surface area contributed by atoms with Crippen LogP contribution in [0.15, 0.2) is 59.3 Å². The Morgan fingerprint density at radius 2 is 1.90 bits per heavy atom. The lowest BCUT2D eigenvalue weighted by Gasteiger charge is -2.10. The Labute approximate surface area is 178 Å². The molecule has 31 heavy (non-hydrogen) atoms. The maximum atomic E-state index is 12.9.